The Kier molecular flexibility index (Phi) is 3.61. The number of ether oxygens (including phenoxy) is 1. The molecule has 0 atom stereocenters. The van der Waals surface area contributed by atoms with Crippen LogP contribution in [0, 0.1) is 6.92 Å². The van der Waals surface area contributed by atoms with E-state index in [1.54, 1.807) is 6.33 Å². The lowest BCUT2D eigenvalue weighted by Gasteiger charge is -2.33. The zero-order valence-electron chi connectivity index (χ0n) is 13.2. The maximum atomic E-state index is 6.26. The molecule has 3 aromatic rings. The van der Waals surface area contributed by atoms with Crippen LogP contribution in [0.25, 0.3) is 10.9 Å². The molecule has 1 fully saturated rings. The fourth-order valence-electron chi connectivity index (χ4n) is 3.16. The van der Waals surface area contributed by atoms with E-state index in [0.29, 0.717) is 0 Å². The average Bonchev–Trinajstić information content (AvgIpc) is 3.05. The number of aromatic amines is 1. The van der Waals surface area contributed by atoms with Crippen LogP contribution in [0.15, 0.2) is 42.9 Å². The zero-order chi connectivity index (χ0) is 15.6. The van der Waals surface area contributed by atoms with Crippen LogP contribution in [0.4, 0.5) is 5.82 Å². The van der Waals surface area contributed by atoms with Crippen molar-refractivity contribution < 1.29 is 4.74 Å². The molecule has 2 aromatic heterocycles. The Morgan fingerprint density at radius 3 is 2.87 bits per heavy atom. The monoisotopic (exact) mass is 308 g/mol. The summed E-state index contributed by atoms with van der Waals surface area (Å²) in [6.07, 6.45) is 5.86. The van der Waals surface area contributed by atoms with Crippen LogP contribution in [0.3, 0.4) is 0 Å². The van der Waals surface area contributed by atoms with Gasteiger partial charge in [-0.1, -0.05) is 6.07 Å². The van der Waals surface area contributed by atoms with E-state index in [0.717, 1.165) is 54.1 Å². The van der Waals surface area contributed by atoms with Gasteiger partial charge in [0, 0.05) is 54.8 Å². The fraction of sp³-hybridized carbons (Fsp3) is 0.333. The second-order valence-electron chi connectivity index (χ2n) is 6.02. The van der Waals surface area contributed by atoms with Crippen molar-refractivity contribution in [3.63, 3.8) is 0 Å². The number of nitrogens with one attached hydrogen (secondary N) is 1. The van der Waals surface area contributed by atoms with Crippen molar-refractivity contribution in [3.05, 3.63) is 48.5 Å². The summed E-state index contributed by atoms with van der Waals surface area (Å²) in [6, 6.07) is 10.3. The molecule has 0 amide bonds. The SMILES string of the molecule is Cc1cc(N2CCC(Oc3cccc4[nH]ccc34)CC2)ncn1. The maximum absolute atomic E-state index is 6.26. The highest BCUT2D eigenvalue weighted by atomic mass is 16.5. The second-order valence-corrected chi connectivity index (χ2v) is 6.02. The Hall–Kier alpha value is -2.56. The molecule has 5 nitrogen and oxygen atoms in total. The van der Waals surface area contributed by atoms with E-state index in [2.05, 4.69) is 38.1 Å². The Morgan fingerprint density at radius 1 is 1.17 bits per heavy atom. The van der Waals surface area contributed by atoms with E-state index >= 15 is 0 Å². The largest absolute Gasteiger partial charge is 0.490 e. The molecular formula is C18H20N4O. The molecule has 1 aromatic carbocycles. The molecule has 1 aliphatic heterocycles. The van der Waals surface area contributed by atoms with Crippen LogP contribution in [-0.2, 0) is 0 Å². The Bertz CT molecular complexity index is 805. The quantitative estimate of drug-likeness (QED) is 0.806. The lowest BCUT2D eigenvalue weighted by Crippen LogP contribution is -2.38. The first-order valence-corrected chi connectivity index (χ1v) is 8.06. The summed E-state index contributed by atoms with van der Waals surface area (Å²) in [5.74, 6) is 1.99. The third-order valence-electron chi connectivity index (χ3n) is 4.40. The second kappa shape index (κ2) is 5.91. The minimum Gasteiger partial charge on any atom is -0.490 e. The third kappa shape index (κ3) is 2.86. The standard InChI is InChI=1S/C18H20N4O/c1-13-11-18(21-12-20-13)22-9-6-14(7-10-22)23-17-4-2-3-16-15(17)5-8-19-16/h2-5,8,11-12,14,19H,6-7,9-10H2,1H3. The molecule has 118 valence electrons. The molecular weight excluding hydrogens is 288 g/mol. The van der Waals surface area contributed by atoms with E-state index in [1.807, 2.05) is 25.3 Å². The summed E-state index contributed by atoms with van der Waals surface area (Å²) in [4.78, 5) is 14.1. The first-order valence-electron chi connectivity index (χ1n) is 8.06. The number of nitrogens with zero attached hydrogens (tertiary/aromatic N) is 3. The van der Waals surface area contributed by atoms with Gasteiger partial charge in [-0.2, -0.15) is 0 Å². The van der Waals surface area contributed by atoms with Gasteiger partial charge in [0.2, 0.25) is 0 Å². The van der Waals surface area contributed by atoms with Gasteiger partial charge in [0.15, 0.2) is 0 Å². The molecule has 0 spiro atoms. The predicted octanol–water partition coefficient (Wildman–Crippen LogP) is 3.31. The number of piperidine rings is 1. The molecule has 5 heteroatoms. The summed E-state index contributed by atoms with van der Waals surface area (Å²) in [5.41, 5.74) is 2.13. The minimum absolute atomic E-state index is 0.259. The van der Waals surface area contributed by atoms with Gasteiger partial charge >= 0.3 is 0 Å². The number of fused-ring (bicyclic) bond motifs is 1. The fourth-order valence-corrected chi connectivity index (χ4v) is 3.16. The number of aryl methyl sites for hydroxylation is 1. The van der Waals surface area contributed by atoms with Gasteiger partial charge in [0.1, 0.15) is 24.0 Å². The van der Waals surface area contributed by atoms with Crippen LogP contribution >= 0.6 is 0 Å². The van der Waals surface area contributed by atoms with E-state index in [4.69, 9.17) is 4.74 Å². The zero-order valence-corrected chi connectivity index (χ0v) is 13.2. The highest BCUT2D eigenvalue weighted by Crippen LogP contribution is 2.28. The van der Waals surface area contributed by atoms with Crippen LogP contribution < -0.4 is 9.64 Å². The Morgan fingerprint density at radius 2 is 2.04 bits per heavy atom. The number of anilines is 1. The van der Waals surface area contributed by atoms with Gasteiger partial charge in [-0.3, -0.25) is 0 Å². The number of rotatable bonds is 3. The Labute approximate surface area is 135 Å². The topological polar surface area (TPSA) is 54.0 Å². The van der Waals surface area contributed by atoms with Gasteiger partial charge in [0.25, 0.3) is 0 Å². The normalized spacial score (nSPS) is 16.0. The highest BCUT2D eigenvalue weighted by Gasteiger charge is 2.22. The van der Waals surface area contributed by atoms with Gasteiger partial charge < -0.3 is 14.6 Å². The summed E-state index contributed by atoms with van der Waals surface area (Å²) in [5, 5.41) is 1.15. The van der Waals surface area contributed by atoms with Crippen molar-refractivity contribution in [1.29, 1.82) is 0 Å². The maximum Gasteiger partial charge on any atom is 0.132 e. The molecule has 1 N–H and O–H groups in total. The van der Waals surface area contributed by atoms with Crippen molar-refractivity contribution in [1.82, 2.24) is 15.0 Å². The van der Waals surface area contributed by atoms with Gasteiger partial charge in [-0.15, -0.1) is 0 Å². The van der Waals surface area contributed by atoms with E-state index in [1.165, 1.54) is 0 Å². The van der Waals surface area contributed by atoms with Crippen molar-refractivity contribution >= 4 is 16.7 Å². The van der Waals surface area contributed by atoms with Crippen LogP contribution in [0.2, 0.25) is 0 Å². The highest BCUT2D eigenvalue weighted by molar-refractivity contribution is 5.85. The first-order chi connectivity index (χ1) is 11.3. The smallest absolute Gasteiger partial charge is 0.132 e. The van der Waals surface area contributed by atoms with E-state index in [-0.39, 0.29) is 6.10 Å². The van der Waals surface area contributed by atoms with Gasteiger partial charge in [0.05, 0.1) is 0 Å². The summed E-state index contributed by atoms with van der Waals surface area (Å²) < 4.78 is 6.26. The number of hydrogen-bond donors (Lipinski definition) is 1. The molecule has 0 saturated carbocycles. The van der Waals surface area contributed by atoms with Gasteiger partial charge in [-0.25, -0.2) is 9.97 Å². The predicted molar refractivity (Wildman–Crippen MR) is 90.9 cm³/mol. The van der Waals surface area contributed by atoms with E-state index in [9.17, 15) is 0 Å². The van der Waals surface area contributed by atoms with E-state index < -0.39 is 0 Å². The molecule has 0 aliphatic carbocycles. The van der Waals surface area contributed by atoms with Crippen molar-refractivity contribution in [2.45, 2.75) is 25.9 Å². The van der Waals surface area contributed by atoms with Gasteiger partial charge in [-0.05, 0) is 25.1 Å². The molecule has 1 saturated heterocycles. The number of hydrogen-bond acceptors (Lipinski definition) is 4. The summed E-state index contributed by atoms with van der Waals surface area (Å²) in [7, 11) is 0. The minimum atomic E-state index is 0.259. The van der Waals surface area contributed by atoms with Crippen molar-refractivity contribution in [3.8, 4) is 5.75 Å². The molecule has 23 heavy (non-hydrogen) atoms. The molecule has 4 rings (SSSR count). The molecule has 0 unspecified atom stereocenters. The van der Waals surface area contributed by atoms with Crippen molar-refractivity contribution in [2.24, 2.45) is 0 Å². The average molecular weight is 308 g/mol. The summed E-state index contributed by atoms with van der Waals surface area (Å²) in [6.45, 7) is 3.92. The molecule has 3 heterocycles. The third-order valence-corrected chi connectivity index (χ3v) is 4.40. The molecule has 0 bridgehead atoms. The van der Waals surface area contributed by atoms with Crippen LogP contribution in [-0.4, -0.2) is 34.1 Å². The Balaban J connectivity index is 1.43. The molecule has 1 aliphatic rings. The summed E-state index contributed by atoms with van der Waals surface area (Å²) >= 11 is 0. The van der Waals surface area contributed by atoms with Crippen LogP contribution in [0.5, 0.6) is 5.75 Å². The molecule has 0 radical (unpaired) electrons. The number of aromatic nitrogens is 3. The number of H-pyrrole nitrogens is 1. The number of benzene rings is 1. The lowest BCUT2D eigenvalue weighted by atomic mass is 10.1. The van der Waals surface area contributed by atoms with Crippen molar-refractivity contribution in [2.75, 3.05) is 18.0 Å². The lowest BCUT2D eigenvalue weighted by molar-refractivity contribution is 0.173. The van der Waals surface area contributed by atoms with Crippen LogP contribution in [0.1, 0.15) is 18.5 Å². The first kappa shape index (κ1) is 14.1.